The molecular formula is C10H19NS. The highest BCUT2D eigenvalue weighted by Gasteiger charge is 1.87. The van der Waals surface area contributed by atoms with Gasteiger partial charge >= 0.3 is 0 Å². The third-order valence-electron chi connectivity index (χ3n) is 1.63. The zero-order valence-electron chi connectivity index (χ0n) is 7.94. The molecule has 0 aliphatic rings. The van der Waals surface area contributed by atoms with Crippen molar-refractivity contribution in [3.63, 3.8) is 0 Å². The van der Waals surface area contributed by atoms with E-state index in [1.54, 1.807) is 0 Å². The fourth-order valence-corrected chi connectivity index (χ4v) is 1.38. The number of terminal acetylenes is 1. The van der Waals surface area contributed by atoms with Crippen LogP contribution in [0.3, 0.4) is 0 Å². The van der Waals surface area contributed by atoms with E-state index in [4.69, 9.17) is 6.42 Å². The molecule has 0 saturated heterocycles. The lowest BCUT2D eigenvalue weighted by atomic mass is 10.2. The molecule has 0 radical (unpaired) electrons. The van der Waals surface area contributed by atoms with Crippen molar-refractivity contribution in [1.29, 1.82) is 0 Å². The number of nitrogens with one attached hydrogen (secondary N) is 1. The standard InChI is InChI=1S/C10H19NS/c1-3-4-5-6-8-11-9-7-10-12-2/h1,11H,4-10H2,2H3. The summed E-state index contributed by atoms with van der Waals surface area (Å²) in [5.74, 6) is 3.91. The first-order chi connectivity index (χ1) is 5.91. The van der Waals surface area contributed by atoms with Crippen molar-refractivity contribution in [3.8, 4) is 12.3 Å². The molecule has 0 aliphatic carbocycles. The molecule has 1 nitrogen and oxygen atoms in total. The molecule has 0 amide bonds. The maximum absolute atomic E-state index is 5.14. The minimum absolute atomic E-state index is 0.923. The number of hydrogen-bond acceptors (Lipinski definition) is 2. The first-order valence-electron chi connectivity index (χ1n) is 4.55. The second kappa shape index (κ2) is 10.9. The fraction of sp³-hybridized carbons (Fsp3) is 0.800. The molecule has 0 spiro atoms. The minimum Gasteiger partial charge on any atom is -0.317 e. The largest absolute Gasteiger partial charge is 0.317 e. The topological polar surface area (TPSA) is 12.0 Å². The number of hydrogen-bond donors (Lipinski definition) is 1. The second-order valence-corrected chi connectivity index (χ2v) is 3.74. The predicted octanol–water partition coefficient (Wildman–Crippen LogP) is 2.13. The molecule has 0 aliphatic heterocycles. The van der Waals surface area contributed by atoms with E-state index >= 15 is 0 Å². The van der Waals surface area contributed by atoms with Gasteiger partial charge in [0.25, 0.3) is 0 Å². The average Bonchev–Trinajstić information content (AvgIpc) is 2.10. The van der Waals surface area contributed by atoms with E-state index < -0.39 is 0 Å². The summed E-state index contributed by atoms with van der Waals surface area (Å²) < 4.78 is 0. The predicted molar refractivity (Wildman–Crippen MR) is 58.6 cm³/mol. The zero-order valence-corrected chi connectivity index (χ0v) is 8.75. The maximum Gasteiger partial charge on any atom is 0.00865 e. The van der Waals surface area contributed by atoms with E-state index in [1.807, 2.05) is 11.8 Å². The highest BCUT2D eigenvalue weighted by atomic mass is 32.2. The van der Waals surface area contributed by atoms with Crippen molar-refractivity contribution < 1.29 is 0 Å². The van der Waals surface area contributed by atoms with E-state index in [0.717, 1.165) is 25.9 Å². The number of rotatable bonds is 8. The molecule has 0 aromatic carbocycles. The van der Waals surface area contributed by atoms with Crippen molar-refractivity contribution in [2.45, 2.75) is 25.7 Å². The minimum atomic E-state index is 0.923. The summed E-state index contributed by atoms with van der Waals surface area (Å²) in [5.41, 5.74) is 0. The van der Waals surface area contributed by atoms with Crippen LogP contribution in [-0.2, 0) is 0 Å². The van der Waals surface area contributed by atoms with Gasteiger partial charge in [0.2, 0.25) is 0 Å². The lowest BCUT2D eigenvalue weighted by Gasteiger charge is -2.02. The Morgan fingerprint density at radius 1 is 1.25 bits per heavy atom. The van der Waals surface area contributed by atoms with E-state index in [2.05, 4.69) is 17.5 Å². The van der Waals surface area contributed by atoms with Crippen LogP contribution in [0.4, 0.5) is 0 Å². The van der Waals surface area contributed by atoms with Crippen molar-refractivity contribution in [1.82, 2.24) is 5.32 Å². The summed E-state index contributed by atoms with van der Waals surface area (Å²) in [6.45, 7) is 2.27. The Bertz CT molecular complexity index is 117. The van der Waals surface area contributed by atoms with Crippen molar-refractivity contribution in [2.24, 2.45) is 0 Å². The summed E-state index contributed by atoms with van der Waals surface area (Å²) in [4.78, 5) is 0. The van der Waals surface area contributed by atoms with Crippen LogP contribution >= 0.6 is 11.8 Å². The van der Waals surface area contributed by atoms with Crippen LogP contribution in [0.25, 0.3) is 0 Å². The Balaban J connectivity index is 2.78. The molecule has 0 aromatic rings. The SMILES string of the molecule is C#CCCCCNCCCSC. The third-order valence-corrected chi connectivity index (χ3v) is 2.32. The van der Waals surface area contributed by atoms with Gasteiger partial charge in [0.15, 0.2) is 0 Å². The molecule has 0 atom stereocenters. The molecule has 0 bridgehead atoms. The van der Waals surface area contributed by atoms with E-state index in [-0.39, 0.29) is 0 Å². The lowest BCUT2D eigenvalue weighted by Crippen LogP contribution is -2.17. The summed E-state index contributed by atoms with van der Waals surface area (Å²) in [7, 11) is 0. The molecule has 0 unspecified atom stereocenters. The maximum atomic E-state index is 5.14. The molecular weight excluding hydrogens is 166 g/mol. The first-order valence-corrected chi connectivity index (χ1v) is 5.94. The van der Waals surface area contributed by atoms with Gasteiger partial charge in [-0.2, -0.15) is 11.8 Å². The quantitative estimate of drug-likeness (QED) is 0.459. The van der Waals surface area contributed by atoms with Gasteiger partial charge in [-0.15, -0.1) is 12.3 Å². The Kier molecular flexibility index (Phi) is 10.8. The molecule has 0 fully saturated rings. The molecule has 1 N–H and O–H groups in total. The van der Waals surface area contributed by atoms with E-state index in [0.29, 0.717) is 0 Å². The summed E-state index contributed by atoms with van der Waals surface area (Å²) in [6.07, 6.45) is 11.8. The average molecular weight is 185 g/mol. The van der Waals surface area contributed by atoms with E-state index in [9.17, 15) is 0 Å². The van der Waals surface area contributed by atoms with Crippen LogP contribution in [0.5, 0.6) is 0 Å². The summed E-state index contributed by atoms with van der Waals surface area (Å²) in [5, 5.41) is 3.40. The molecule has 2 heteroatoms. The van der Waals surface area contributed by atoms with Crippen LogP contribution in [-0.4, -0.2) is 25.1 Å². The van der Waals surface area contributed by atoms with Gasteiger partial charge in [-0.25, -0.2) is 0 Å². The summed E-state index contributed by atoms with van der Waals surface area (Å²) >= 11 is 1.91. The molecule has 0 heterocycles. The van der Waals surface area contributed by atoms with Crippen LogP contribution in [0.1, 0.15) is 25.7 Å². The number of unbranched alkanes of at least 4 members (excludes halogenated alkanes) is 2. The van der Waals surface area contributed by atoms with Crippen LogP contribution in [0, 0.1) is 12.3 Å². The Morgan fingerprint density at radius 2 is 2.00 bits per heavy atom. The van der Waals surface area contributed by atoms with Crippen molar-refractivity contribution in [2.75, 3.05) is 25.1 Å². The van der Waals surface area contributed by atoms with Gasteiger partial charge in [0, 0.05) is 6.42 Å². The summed E-state index contributed by atoms with van der Waals surface area (Å²) in [6, 6.07) is 0. The Hall–Kier alpha value is -0.130. The second-order valence-electron chi connectivity index (χ2n) is 2.76. The van der Waals surface area contributed by atoms with Gasteiger partial charge < -0.3 is 5.32 Å². The smallest absolute Gasteiger partial charge is 0.00865 e. The van der Waals surface area contributed by atoms with Gasteiger partial charge in [0.05, 0.1) is 0 Å². The highest BCUT2D eigenvalue weighted by molar-refractivity contribution is 7.98. The zero-order chi connectivity index (χ0) is 9.07. The monoisotopic (exact) mass is 185 g/mol. The van der Waals surface area contributed by atoms with Crippen molar-refractivity contribution >= 4 is 11.8 Å². The van der Waals surface area contributed by atoms with Gasteiger partial charge in [-0.1, -0.05) is 0 Å². The lowest BCUT2D eigenvalue weighted by molar-refractivity contribution is 0.625. The molecule has 0 aromatic heterocycles. The normalized spacial score (nSPS) is 9.67. The molecule has 70 valence electrons. The Labute approximate surface area is 80.7 Å². The Morgan fingerprint density at radius 3 is 2.67 bits per heavy atom. The van der Waals surface area contributed by atoms with Gasteiger partial charge in [-0.05, 0) is 44.4 Å². The van der Waals surface area contributed by atoms with Gasteiger partial charge in [-0.3, -0.25) is 0 Å². The van der Waals surface area contributed by atoms with Crippen LogP contribution < -0.4 is 5.32 Å². The first kappa shape index (κ1) is 11.9. The molecule has 0 rings (SSSR count). The van der Waals surface area contributed by atoms with Gasteiger partial charge in [0.1, 0.15) is 0 Å². The fourth-order valence-electron chi connectivity index (χ4n) is 0.944. The van der Waals surface area contributed by atoms with Crippen molar-refractivity contribution in [3.05, 3.63) is 0 Å². The van der Waals surface area contributed by atoms with Crippen LogP contribution in [0.15, 0.2) is 0 Å². The molecule has 12 heavy (non-hydrogen) atoms. The highest BCUT2D eigenvalue weighted by Crippen LogP contribution is 1.94. The van der Waals surface area contributed by atoms with Crippen LogP contribution in [0.2, 0.25) is 0 Å². The third kappa shape index (κ3) is 9.87. The number of thioether (sulfide) groups is 1. The molecule has 0 saturated carbocycles. The van der Waals surface area contributed by atoms with E-state index in [1.165, 1.54) is 18.6 Å².